The van der Waals surface area contributed by atoms with Crippen LogP contribution in [-0.4, -0.2) is 36.0 Å². The second-order valence-corrected chi connectivity index (χ2v) is 7.04. The van der Waals surface area contributed by atoms with Crippen molar-refractivity contribution in [2.24, 2.45) is 11.3 Å². The summed E-state index contributed by atoms with van der Waals surface area (Å²) in [6.45, 7) is 3.50. The van der Waals surface area contributed by atoms with E-state index >= 15 is 0 Å². The Labute approximate surface area is 143 Å². The summed E-state index contributed by atoms with van der Waals surface area (Å²) in [6, 6.07) is 7.34. The zero-order valence-electron chi connectivity index (χ0n) is 13.0. The third-order valence-corrected chi connectivity index (χ3v) is 4.62. The molecular formula is C16H19BrN2O4. The summed E-state index contributed by atoms with van der Waals surface area (Å²) in [6.07, 6.45) is 0.416. The molecule has 2 rings (SSSR count). The quantitative estimate of drug-likeness (QED) is 0.762. The molecule has 6 nitrogen and oxygen atoms in total. The Morgan fingerprint density at radius 3 is 2.65 bits per heavy atom. The summed E-state index contributed by atoms with van der Waals surface area (Å²) >= 11 is 3.40. The lowest BCUT2D eigenvalue weighted by Gasteiger charge is -2.21. The molecule has 1 atom stereocenters. The number of benzene rings is 1. The van der Waals surface area contributed by atoms with Crippen LogP contribution in [0.2, 0.25) is 0 Å². The molecule has 1 aromatic carbocycles. The summed E-state index contributed by atoms with van der Waals surface area (Å²) in [5, 5.41) is 11.6. The van der Waals surface area contributed by atoms with Gasteiger partial charge in [0.15, 0.2) is 0 Å². The molecule has 0 aliphatic carbocycles. The number of para-hydroxylation sites is 1. The van der Waals surface area contributed by atoms with Crippen LogP contribution in [-0.2, 0) is 14.4 Å². The third-order valence-electron chi connectivity index (χ3n) is 3.95. The van der Waals surface area contributed by atoms with Gasteiger partial charge < -0.3 is 15.3 Å². The van der Waals surface area contributed by atoms with Crippen molar-refractivity contribution in [3.63, 3.8) is 0 Å². The monoisotopic (exact) mass is 382 g/mol. The van der Waals surface area contributed by atoms with Gasteiger partial charge in [0.2, 0.25) is 11.8 Å². The van der Waals surface area contributed by atoms with E-state index in [1.807, 2.05) is 24.3 Å². The number of anilines is 1. The van der Waals surface area contributed by atoms with Crippen LogP contribution >= 0.6 is 15.9 Å². The molecule has 0 aromatic heterocycles. The Morgan fingerprint density at radius 1 is 1.39 bits per heavy atom. The highest BCUT2D eigenvalue weighted by Gasteiger charge is 2.39. The van der Waals surface area contributed by atoms with E-state index in [0.717, 1.165) is 10.2 Å². The van der Waals surface area contributed by atoms with Crippen molar-refractivity contribution in [3.8, 4) is 0 Å². The Balaban J connectivity index is 2.03. The van der Waals surface area contributed by atoms with E-state index in [0.29, 0.717) is 13.0 Å². The zero-order chi connectivity index (χ0) is 17.2. The van der Waals surface area contributed by atoms with E-state index in [9.17, 15) is 14.4 Å². The molecule has 0 bridgehead atoms. The summed E-state index contributed by atoms with van der Waals surface area (Å²) in [7, 11) is 0. The third kappa shape index (κ3) is 3.72. The number of amides is 2. The molecule has 0 radical (unpaired) electrons. The first-order chi connectivity index (χ1) is 10.7. The van der Waals surface area contributed by atoms with Gasteiger partial charge in [-0.1, -0.05) is 12.1 Å². The number of halogens is 1. The predicted molar refractivity (Wildman–Crippen MR) is 89.0 cm³/mol. The molecule has 1 heterocycles. The number of carbonyl (C=O) groups is 3. The fourth-order valence-corrected chi connectivity index (χ4v) is 2.84. The van der Waals surface area contributed by atoms with Crippen molar-refractivity contribution in [2.75, 3.05) is 18.0 Å². The maximum atomic E-state index is 12.5. The van der Waals surface area contributed by atoms with Crippen molar-refractivity contribution in [1.82, 2.24) is 5.32 Å². The molecule has 23 heavy (non-hydrogen) atoms. The van der Waals surface area contributed by atoms with Gasteiger partial charge >= 0.3 is 5.97 Å². The van der Waals surface area contributed by atoms with Gasteiger partial charge in [-0.15, -0.1) is 0 Å². The van der Waals surface area contributed by atoms with E-state index in [-0.39, 0.29) is 12.5 Å². The standard InChI is InChI=1S/C16H19BrN2O4/c1-16(2,15(22)23)9-18-13(20)10-7-8-19(14(10)21)12-6-4-3-5-11(12)17/h3-6,10H,7-9H2,1-2H3,(H,18,20)(H,22,23). The van der Waals surface area contributed by atoms with Crippen LogP contribution in [0, 0.1) is 11.3 Å². The van der Waals surface area contributed by atoms with Crippen LogP contribution in [0.15, 0.2) is 28.7 Å². The summed E-state index contributed by atoms with van der Waals surface area (Å²) < 4.78 is 0.793. The van der Waals surface area contributed by atoms with Crippen molar-refractivity contribution in [2.45, 2.75) is 20.3 Å². The number of carboxylic acid groups (broad SMARTS) is 1. The van der Waals surface area contributed by atoms with E-state index in [1.165, 1.54) is 13.8 Å². The molecule has 1 fully saturated rings. The van der Waals surface area contributed by atoms with Crippen LogP contribution in [0.25, 0.3) is 0 Å². The number of carbonyl (C=O) groups excluding carboxylic acids is 2. The number of hydrogen-bond acceptors (Lipinski definition) is 3. The van der Waals surface area contributed by atoms with Crippen molar-refractivity contribution >= 4 is 39.4 Å². The lowest BCUT2D eigenvalue weighted by molar-refractivity contribution is -0.146. The smallest absolute Gasteiger partial charge is 0.310 e. The maximum Gasteiger partial charge on any atom is 0.310 e. The summed E-state index contributed by atoms with van der Waals surface area (Å²) in [5.41, 5.74) is -0.335. The Bertz CT molecular complexity index is 645. The van der Waals surface area contributed by atoms with E-state index in [2.05, 4.69) is 21.2 Å². The molecular weight excluding hydrogens is 364 g/mol. The summed E-state index contributed by atoms with van der Waals surface area (Å²) in [5.74, 6) is -2.45. The molecule has 1 aliphatic heterocycles. The number of rotatable bonds is 5. The van der Waals surface area contributed by atoms with Crippen LogP contribution in [0.1, 0.15) is 20.3 Å². The topological polar surface area (TPSA) is 86.7 Å². The normalized spacial score (nSPS) is 18.1. The van der Waals surface area contributed by atoms with Crippen LogP contribution in [0.5, 0.6) is 0 Å². The Hall–Kier alpha value is -1.89. The fourth-order valence-electron chi connectivity index (χ4n) is 2.34. The molecule has 1 aliphatic rings. The molecule has 0 saturated carbocycles. The first kappa shape index (κ1) is 17.5. The minimum Gasteiger partial charge on any atom is -0.481 e. The second kappa shape index (κ2) is 6.70. The minimum atomic E-state index is -1.07. The molecule has 0 spiro atoms. The van der Waals surface area contributed by atoms with Crippen molar-refractivity contribution in [3.05, 3.63) is 28.7 Å². The number of aliphatic carboxylic acids is 1. The van der Waals surface area contributed by atoms with E-state index in [4.69, 9.17) is 5.11 Å². The van der Waals surface area contributed by atoms with Crippen LogP contribution in [0.3, 0.4) is 0 Å². The maximum absolute atomic E-state index is 12.5. The number of carboxylic acids is 1. The molecule has 1 aromatic rings. The zero-order valence-corrected chi connectivity index (χ0v) is 14.6. The van der Waals surface area contributed by atoms with Gasteiger partial charge in [-0.2, -0.15) is 0 Å². The average Bonchev–Trinajstić information content (AvgIpc) is 2.87. The highest BCUT2D eigenvalue weighted by atomic mass is 79.9. The highest BCUT2D eigenvalue weighted by molar-refractivity contribution is 9.10. The number of nitrogens with zero attached hydrogens (tertiary/aromatic N) is 1. The molecule has 124 valence electrons. The molecule has 2 N–H and O–H groups in total. The molecule has 2 amide bonds. The van der Waals surface area contributed by atoms with Gasteiger partial charge in [0.05, 0.1) is 11.1 Å². The second-order valence-electron chi connectivity index (χ2n) is 6.19. The molecule has 7 heteroatoms. The Morgan fingerprint density at radius 2 is 2.04 bits per heavy atom. The summed E-state index contributed by atoms with van der Waals surface area (Å²) in [4.78, 5) is 37.4. The van der Waals surface area contributed by atoms with Crippen LogP contribution in [0.4, 0.5) is 5.69 Å². The van der Waals surface area contributed by atoms with Gasteiger partial charge in [0.1, 0.15) is 5.92 Å². The number of nitrogens with one attached hydrogen (secondary N) is 1. The number of hydrogen-bond donors (Lipinski definition) is 2. The SMILES string of the molecule is CC(C)(CNC(=O)C1CCN(c2ccccc2Br)C1=O)C(=O)O. The van der Waals surface area contributed by atoms with Gasteiger partial charge in [0.25, 0.3) is 0 Å². The van der Waals surface area contributed by atoms with Crippen molar-refractivity contribution in [1.29, 1.82) is 0 Å². The minimum absolute atomic E-state index is 0.0139. The van der Waals surface area contributed by atoms with E-state index in [1.54, 1.807) is 4.90 Å². The molecule has 1 saturated heterocycles. The highest BCUT2D eigenvalue weighted by Crippen LogP contribution is 2.31. The van der Waals surface area contributed by atoms with Gasteiger partial charge in [-0.3, -0.25) is 14.4 Å². The van der Waals surface area contributed by atoms with Crippen molar-refractivity contribution < 1.29 is 19.5 Å². The predicted octanol–water partition coefficient (Wildman–Crippen LogP) is 2.03. The molecule has 1 unspecified atom stereocenters. The van der Waals surface area contributed by atoms with Crippen LogP contribution < -0.4 is 10.2 Å². The first-order valence-corrected chi connectivity index (χ1v) is 8.10. The Kier molecular flexibility index (Phi) is 5.09. The average molecular weight is 383 g/mol. The fraction of sp³-hybridized carbons (Fsp3) is 0.438. The largest absolute Gasteiger partial charge is 0.481 e. The van der Waals surface area contributed by atoms with Gasteiger partial charge in [0, 0.05) is 17.6 Å². The van der Waals surface area contributed by atoms with Gasteiger partial charge in [-0.25, -0.2) is 0 Å². The van der Waals surface area contributed by atoms with Gasteiger partial charge in [-0.05, 0) is 48.3 Å². The first-order valence-electron chi connectivity index (χ1n) is 7.31. The van der Waals surface area contributed by atoms with E-state index < -0.39 is 23.2 Å². The lowest BCUT2D eigenvalue weighted by atomic mass is 9.93. The lowest BCUT2D eigenvalue weighted by Crippen LogP contribution is -2.43.